The molecule has 0 atom stereocenters. The van der Waals surface area contributed by atoms with Crippen LogP contribution in [0.1, 0.15) is 5.56 Å². The SMILES string of the molecule is COc1ccc(OCCS(=O)(=O)NCCc2ccc(S(N)(=O)=O)cc2)cc1. The fourth-order valence-electron chi connectivity index (χ4n) is 2.21. The monoisotopic (exact) mass is 414 g/mol. The summed E-state index contributed by atoms with van der Waals surface area (Å²) in [5.74, 6) is 1.07. The molecule has 0 amide bonds. The van der Waals surface area contributed by atoms with Gasteiger partial charge < -0.3 is 9.47 Å². The molecule has 148 valence electrons. The van der Waals surface area contributed by atoms with Crippen LogP contribution in [-0.2, 0) is 26.5 Å². The Bertz CT molecular complexity index is 940. The summed E-state index contributed by atoms with van der Waals surface area (Å²) in [5, 5.41) is 5.03. The molecule has 0 unspecified atom stereocenters. The van der Waals surface area contributed by atoms with Crippen LogP contribution in [0.3, 0.4) is 0 Å². The van der Waals surface area contributed by atoms with Crippen LogP contribution in [0.25, 0.3) is 0 Å². The molecule has 3 N–H and O–H groups in total. The smallest absolute Gasteiger partial charge is 0.238 e. The van der Waals surface area contributed by atoms with E-state index in [2.05, 4.69) is 4.72 Å². The first-order valence-electron chi connectivity index (χ1n) is 8.05. The summed E-state index contributed by atoms with van der Waals surface area (Å²) in [5.41, 5.74) is 0.791. The van der Waals surface area contributed by atoms with Gasteiger partial charge in [0.2, 0.25) is 20.0 Å². The predicted molar refractivity (Wildman–Crippen MR) is 102 cm³/mol. The number of methoxy groups -OCH3 is 1. The van der Waals surface area contributed by atoms with Crippen molar-refractivity contribution in [3.05, 3.63) is 54.1 Å². The summed E-state index contributed by atoms with van der Waals surface area (Å²) in [7, 11) is -5.66. The third-order valence-corrected chi connectivity index (χ3v) is 5.95. The van der Waals surface area contributed by atoms with Gasteiger partial charge in [-0.25, -0.2) is 26.7 Å². The van der Waals surface area contributed by atoms with Crippen LogP contribution < -0.4 is 19.3 Å². The number of ether oxygens (including phenoxy) is 2. The largest absolute Gasteiger partial charge is 0.497 e. The van der Waals surface area contributed by atoms with Gasteiger partial charge in [0.15, 0.2) is 0 Å². The molecule has 10 heteroatoms. The average molecular weight is 415 g/mol. The first-order valence-corrected chi connectivity index (χ1v) is 11.3. The number of sulfonamides is 2. The second-order valence-electron chi connectivity index (χ2n) is 5.68. The van der Waals surface area contributed by atoms with Gasteiger partial charge in [0.1, 0.15) is 18.1 Å². The molecule has 8 nitrogen and oxygen atoms in total. The molecule has 2 aromatic carbocycles. The van der Waals surface area contributed by atoms with E-state index < -0.39 is 20.0 Å². The zero-order valence-electron chi connectivity index (χ0n) is 14.8. The maximum absolute atomic E-state index is 12.0. The predicted octanol–water partition coefficient (Wildman–Crippen LogP) is 0.884. The number of benzene rings is 2. The summed E-state index contributed by atoms with van der Waals surface area (Å²) in [6, 6.07) is 12.8. The minimum absolute atomic E-state index is 0.0162. The van der Waals surface area contributed by atoms with Crippen molar-refractivity contribution in [3.63, 3.8) is 0 Å². The van der Waals surface area contributed by atoms with E-state index in [1.165, 1.54) is 12.1 Å². The molecule has 0 bridgehead atoms. The van der Waals surface area contributed by atoms with Crippen LogP contribution in [0.5, 0.6) is 11.5 Å². The second kappa shape index (κ2) is 9.18. The summed E-state index contributed by atoms with van der Waals surface area (Å²) in [4.78, 5) is 0.0162. The highest BCUT2D eigenvalue weighted by Gasteiger charge is 2.11. The molecule has 0 aliphatic heterocycles. The van der Waals surface area contributed by atoms with Gasteiger partial charge in [-0.1, -0.05) is 12.1 Å². The van der Waals surface area contributed by atoms with E-state index in [1.54, 1.807) is 43.5 Å². The highest BCUT2D eigenvalue weighted by atomic mass is 32.2. The first kappa shape index (κ1) is 21.2. The lowest BCUT2D eigenvalue weighted by Gasteiger charge is -2.09. The van der Waals surface area contributed by atoms with Crippen molar-refractivity contribution in [2.45, 2.75) is 11.3 Å². The number of nitrogens with one attached hydrogen (secondary N) is 1. The maximum Gasteiger partial charge on any atom is 0.238 e. The number of primary sulfonamides is 1. The summed E-state index contributed by atoms with van der Waals surface area (Å²) >= 11 is 0. The van der Waals surface area contributed by atoms with E-state index >= 15 is 0 Å². The molecule has 0 spiro atoms. The van der Waals surface area contributed by atoms with E-state index in [0.717, 1.165) is 5.56 Å². The number of hydrogen-bond donors (Lipinski definition) is 2. The van der Waals surface area contributed by atoms with Gasteiger partial charge in [-0.2, -0.15) is 0 Å². The Balaban J connectivity index is 1.75. The third kappa shape index (κ3) is 7.18. The molecule has 27 heavy (non-hydrogen) atoms. The Morgan fingerprint density at radius 1 is 0.926 bits per heavy atom. The third-order valence-electron chi connectivity index (χ3n) is 3.67. The molecular weight excluding hydrogens is 392 g/mol. The topological polar surface area (TPSA) is 125 Å². The quantitative estimate of drug-likeness (QED) is 0.595. The zero-order valence-corrected chi connectivity index (χ0v) is 16.4. The summed E-state index contributed by atoms with van der Waals surface area (Å²) in [6.07, 6.45) is 0.420. The Kier molecular flexibility index (Phi) is 7.19. The van der Waals surface area contributed by atoms with Crippen molar-refractivity contribution in [2.24, 2.45) is 5.14 Å². The number of hydrogen-bond acceptors (Lipinski definition) is 6. The molecule has 0 saturated heterocycles. The van der Waals surface area contributed by atoms with Crippen molar-refractivity contribution in [1.29, 1.82) is 0 Å². The van der Waals surface area contributed by atoms with Crippen LogP contribution in [0.15, 0.2) is 53.4 Å². The highest BCUT2D eigenvalue weighted by molar-refractivity contribution is 7.89. The molecule has 0 radical (unpaired) electrons. The Hall–Kier alpha value is -2.14. The molecule has 0 saturated carbocycles. The van der Waals surface area contributed by atoms with Gasteiger partial charge in [-0.3, -0.25) is 0 Å². The lowest BCUT2D eigenvalue weighted by atomic mass is 10.2. The van der Waals surface area contributed by atoms with Crippen LogP contribution in [-0.4, -0.2) is 42.8 Å². The summed E-state index contributed by atoms with van der Waals surface area (Å²) in [6.45, 7) is 0.213. The Morgan fingerprint density at radius 3 is 2.07 bits per heavy atom. The minimum atomic E-state index is -3.73. The molecule has 0 aromatic heterocycles. The van der Waals surface area contributed by atoms with Crippen molar-refractivity contribution in [3.8, 4) is 11.5 Å². The standard InChI is InChI=1S/C17H22N2O6S2/c1-24-15-4-6-16(7-5-15)25-12-13-26(20,21)19-11-10-14-2-8-17(9-3-14)27(18,22)23/h2-9,19H,10-13H2,1H3,(H2,18,22,23). The van der Waals surface area contributed by atoms with Gasteiger partial charge >= 0.3 is 0 Å². The van der Waals surface area contributed by atoms with Gasteiger partial charge in [-0.15, -0.1) is 0 Å². The van der Waals surface area contributed by atoms with E-state index in [9.17, 15) is 16.8 Å². The van der Waals surface area contributed by atoms with E-state index in [0.29, 0.717) is 17.9 Å². The van der Waals surface area contributed by atoms with Crippen molar-refractivity contribution in [1.82, 2.24) is 4.72 Å². The number of nitrogens with two attached hydrogens (primary N) is 1. The molecule has 2 rings (SSSR count). The van der Waals surface area contributed by atoms with Gasteiger partial charge in [0.25, 0.3) is 0 Å². The van der Waals surface area contributed by atoms with Crippen molar-refractivity contribution in [2.75, 3.05) is 26.0 Å². The van der Waals surface area contributed by atoms with E-state index in [1.807, 2.05) is 0 Å². The van der Waals surface area contributed by atoms with Gasteiger partial charge in [-0.05, 0) is 48.4 Å². The maximum atomic E-state index is 12.0. The van der Waals surface area contributed by atoms with Crippen LogP contribution in [0.2, 0.25) is 0 Å². The van der Waals surface area contributed by atoms with E-state index in [4.69, 9.17) is 14.6 Å². The van der Waals surface area contributed by atoms with Crippen LogP contribution >= 0.6 is 0 Å². The summed E-state index contributed by atoms with van der Waals surface area (Å²) < 4.78 is 59.3. The normalized spacial score (nSPS) is 11.9. The van der Waals surface area contributed by atoms with Gasteiger partial charge in [0.05, 0.1) is 17.8 Å². The minimum Gasteiger partial charge on any atom is -0.497 e. The number of rotatable bonds is 10. The average Bonchev–Trinajstić information content (AvgIpc) is 2.62. The van der Waals surface area contributed by atoms with E-state index in [-0.39, 0.29) is 23.8 Å². The lowest BCUT2D eigenvalue weighted by molar-refractivity contribution is 0.339. The van der Waals surface area contributed by atoms with Crippen molar-refractivity contribution >= 4 is 20.0 Å². The molecule has 0 fully saturated rings. The van der Waals surface area contributed by atoms with Crippen molar-refractivity contribution < 1.29 is 26.3 Å². The molecular formula is C17H22N2O6S2. The highest BCUT2D eigenvalue weighted by Crippen LogP contribution is 2.16. The first-order chi connectivity index (χ1) is 12.7. The fraction of sp³-hybridized carbons (Fsp3) is 0.294. The van der Waals surface area contributed by atoms with Crippen LogP contribution in [0.4, 0.5) is 0 Å². The molecule has 0 heterocycles. The second-order valence-corrected chi connectivity index (χ2v) is 9.16. The molecule has 2 aromatic rings. The van der Waals surface area contributed by atoms with Gasteiger partial charge in [0, 0.05) is 6.54 Å². The Morgan fingerprint density at radius 2 is 1.52 bits per heavy atom. The molecule has 0 aliphatic carbocycles. The Labute approximate surface area is 159 Å². The molecule has 0 aliphatic rings. The zero-order chi connectivity index (χ0) is 19.9. The fourth-order valence-corrected chi connectivity index (χ4v) is 3.59. The van der Waals surface area contributed by atoms with Crippen LogP contribution in [0, 0.1) is 0 Å². The lowest BCUT2D eigenvalue weighted by Crippen LogP contribution is -2.30.